The Bertz CT molecular complexity index is 5170. The number of carbonyl (C=O) groups excluding carboxylic acids is 13. The molecule has 762 valence electrons. The minimum Gasteiger partial charge on any atom is -0.481 e. The van der Waals surface area contributed by atoms with E-state index in [1.807, 2.05) is 178 Å². The van der Waals surface area contributed by atoms with Crippen molar-refractivity contribution in [1.29, 1.82) is 0 Å². The van der Waals surface area contributed by atoms with Gasteiger partial charge in [0.25, 0.3) is 5.91 Å². The van der Waals surface area contributed by atoms with Gasteiger partial charge in [0.2, 0.25) is 0 Å². The number of nitrogens with one attached hydrogen (secondary N) is 3. The summed E-state index contributed by atoms with van der Waals surface area (Å²) in [5.74, 6) is -2.46. The van der Waals surface area contributed by atoms with Gasteiger partial charge in [0.05, 0.1) is 32.3 Å². The molecule has 35 nitrogen and oxygen atoms in total. The number of rotatable bonds is 21. The molecule has 4 heterocycles. The Labute approximate surface area is 845 Å². The zero-order valence-electron chi connectivity index (χ0n) is 82.0. The predicted octanol–water partition coefficient (Wildman–Crippen LogP) is 16.5. The van der Waals surface area contributed by atoms with E-state index in [2.05, 4.69) is 75.7 Å². The highest BCUT2D eigenvalue weighted by atomic mass is 79.9. The topological polar surface area (TPSA) is 410 Å². The summed E-state index contributed by atoms with van der Waals surface area (Å²) in [4.78, 5) is 171. The van der Waals surface area contributed by atoms with Gasteiger partial charge in [-0.3, -0.25) is 29.2 Å². The first-order valence-corrected chi connectivity index (χ1v) is 48.2. The molecule has 4 saturated heterocycles. The van der Waals surface area contributed by atoms with Crippen LogP contribution in [0.25, 0.3) is 11.6 Å². The number of carbonyl (C=O) groups is 12. The van der Waals surface area contributed by atoms with E-state index in [1.54, 1.807) is 67.2 Å². The number of amides is 8. The highest BCUT2D eigenvalue weighted by Gasteiger charge is 2.42. The van der Waals surface area contributed by atoms with Crippen molar-refractivity contribution >= 4 is 145 Å². The molecular formula is C101H130Br2Cl2N10O25. The zero-order valence-corrected chi connectivity index (χ0v) is 86.6. The number of esters is 2. The van der Waals surface area contributed by atoms with Gasteiger partial charge in [0, 0.05) is 131 Å². The van der Waals surface area contributed by atoms with E-state index in [-0.39, 0.29) is 82.9 Å². The molecule has 8 amide bonds. The molecule has 6 aromatic rings. The van der Waals surface area contributed by atoms with Crippen LogP contribution in [0.1, 0.15) is 147 Å². The average molecular weight is 2110 g/mol. The van der Waals surface area contributed by atoms with Crippen LogP contribution in [0.3, 0.4) is 0 Å². The number of alkyl halides is 1. The summed E-state index contributed by atoms with van der Waals surface area (Å²) in [5, 5.41) is 18.8. The normalized spacial score (nSPS) is 16.5. The minimum atomic E-state index is -0.945. The van der Waals surface area contributed by atoms with E-state index in [0.29, 0.717) is 71.9 Å². The number of hydrogen-bond acceptors (Lipinski definition) is 26. The maximum absolute atomic E-state index is 13.7. The van der Waals surface area contributed by atoms with Gasteiger partial charge in [-0.1, -0.05) is 183 Å². The Morgan fingerprint density at radius 1 is 0.471 bits per heavy atom. The van der Waals surface area contributed by atoms with Crippen LogP contribution in [-0.2, 0) is 115 Å². The van der Waals surface area contributed by atoms with Crippen molar-refractivity contribution in [3.63, 3.8) is 0 Å². The molecule has 2 aliphatic carbocycles. The van der Waals surface area contributed by atoms with Crippen LogP contribution in [0.2, 0.25) is 5.02 Å². The number of ether oxygens (including phenoxy) is 10. The van der Waals surface area contributed by atoms with Crippen molar-refractivity contribution in [2.45, 2.75) is 183 Å². The van der Waals surface area contributed by atoms with Crippen molar-refractivity contribution in [1.82, 2.24) is 50.2 Å². The molecule has 4 fully saturated rings. The molecule has 0 spiro atoms. The summed E-state index contributed by atoms with van der Waals surface area (Å²) < 4.78 is 52.2. The quantitative estimate of drug-likeness (QED) is 0.0225. The van der Waals surface area contributed by atoms with E-state index in [0.717, 1.165) is 97.3 Å². The number of likely N-dealkylation sites (tertiary alicyclic amines) is 1. The number of methoxy groups -OCH3 is 2. The SMILES string of the molecule is CC(C)(C)OC(=O)N1CCC[C@H](C(=O)O)C1.CC(C)(C)OC(=O)NCCBr.COC(=O)[C@@H]1CN(C(=O)OC(C)(C)C)CCN1C(=O)OCc1ccccc1.COC(=O)[C@@H]1CN(CCNC(=O)OC(C)(C)C)CCN1C(=O)OCc1ccccc1.C[C@@H]1CN(CCNC(=O)C2=C(C3=Cc4cc(Cl)ccc4C3)Cc3cc(Br)ccc32)CCN1C(=O)OCc1ccccc1.O=C(Cl)OCc1ccccc1.O=C=O. The number of alkyl carbamates (subject to hydrolysis) is 2. The summed E-state index contributed by atoms with van der Waals surface area (Å²) >= 11 is 18.0. The molecule has 4 N–H and O–H groups in total. The molecule has 6 aromatic carbocycles. The Hall–Kier alpha value is -12.1. The maximum Gasteiger partial charge on any atom is 0.410 e. The van der Waals surface area contributed by atoms with Gasteiger partial charge in [-0.25, -0.2) is 47.9 Å². The molecule has 4 aliphatic heterocycles. The average Bonchev–Trinajstić information content (AvgIpc) is 1.60. The lowest BCUT2D eigenvalue weighted by Crippen LogP contribution is -2.60. The summed E-state index contributed by atoms with van der Waals surface area (Å²) in [6.45, 7) is 31.5. The maximum atomic E-state index is 13.7. The number of hydrogen-bond donors (Lipinski definition) is 4. The summed E-state index contributed by atoms with van der Waals surface area (Å²) in [7, 11) is 2.53. The molecule has 140 heavy (non-hydrogen) atoms. The van der Waals surface area contributed by atoms with Crippen molar-refractivity contribution in [3.05, 3.63) is 223 Å². The lowest BCUT2D eigenvalue weighted by Gasteiger charge is -2.39. The fraction of sp³-hybridized carbons (Fsp3) is 0.475. The van der Waals surface area contributed by atoms with Gasteiger partial charge < -0.3 is 83.1 Å². The van der Waals surface area contributed by atoms with E-state index in [9.17, 15) is 57.5 Å². The van der Waals surface area contributed by atoms with Crippen LogP contribution >= 0.6 is 55.1 Å². The van der Waals surface area contributed by atoms with Crippen LogP contribution in [0.5, 0.6) is 0 Å². The second-order valence-electron chi connectivity index (χ2n) is 36.7. The summed E-state index contributed by atoms with van der Waals surface area (Å²) in [5.41, 5.74) is 8.23. The third-order valence-corrected chi connectivity index (χ3v) is 22.3. The summed E-state index contributed by atoms with van der Waals surface area (Å²) in [6.07, 6.45) is 2.03. The van der Waals surface area contributed by atoms with Crippen molar-refractivity contribution in [2.75, 3.05) is 124 Å². The molecular weight excluding hydrogens is 1980 g/mol. The number of piperazine rings is 3. The number of fused-ring (bicyclic) bond motifs is 2. The van der Waals surface area contributed by atoms with Gasteiger partial charge >= 0.3 is 72.1 Å². The number of halogens is 4. The Kier molecular flexibility index (Phi) is 48.5. The standard InChI is InChI=1S/C34H33BrClN3O3.C21H31N3O6.C19H26N2O6.C11H19NO4.C8H7ClO2.C7H14BrNO2.CO2/c1-22-20-38(13-14-39(22)34(41)42-21-23-5-3-2-4-6-23)12-11-37-33(40)32-30-10-8-28(35)17-27(30)19-31(32)26-15-24-7-9-29(36)18-25(24)16-26;1-21(2,3)30-19(26)22-10-11-23-12-13-24(17(14-23)18(25)28-4)20(27)29-15-16-8-6-5-7-9-16;1-19(2,3)27-17(23)20-10-11-21(15(12-20)16(22)25-4)18(24)26-13-14-8-6-5-7-9-14;1-11(2,3)16-10(15)12-6-4-5-8(7-12)9(13)14;9-8(10)11-6-7-4-2-1-3-5-7;1-7(2,3)11-6(10)9-5-4-8;2-1-3/h2-10,16-18,22H,11-15,19-21H2,1H3,(H,37,40);5-9,17H,10-15H2,1-4H3,(H,22,26);5-9,15H,10-13H2,1-4H3;8H,4-7H2,1-3H3,(H,13,14);1-5H,6H2;4-5H2,1-3H3,(H,9,10);/t22-;17-;15-;8-;;;/m1000.../s1. The van der Waals surface area contributed by atoms with Crippen molar-refractivity contribution < 1.29 is 120 Å². The number of carboxylic acid groups (broad SMARTS) is 1. The Morgan fingerprint density at radius 3 is 1.34 bits per heavy atom. The molecule has 12 rings (SSSR count). The van der Waals surface area contributed by atoms with Gasteiger partial charge in [-0.05, 0) is 196 Å². The Morgan fingerprint density at radius 2 is 0.893 bits per heavy atom. The highest BCUT2D eigenvalue weighted by Crippen LogP contribution is 2.42. The number of allylic oxidation sites excluding steroid dienone is 2. The molecule has 0 radical (unpaired) electrons. The largest absolute Gasteiger partial charge is 0.481 e. The second kappa shape index (κ2) is 58.2. The van der Waals surface area contributed by atoms with Crippen molar-refractivity contribution in [3.8, 4) is 0 Å². The number of nitrogens with zero attached hydrogens (tertiary/aromatic N) is 7. The molecule has 0 bridgehead atoms. The first-order chi connectivity index (χ1) is 66.2. The number of aliphatic carboxylic acids is 1. The molecule has 0 aromatic heterocycles. The molecule has 0 unspecified atom stereocenters. The lowest BCUT2D eigenvalue weighted by molar-refractivity contribution is -0.192. The van der Waals surface area contributed by atoms with Gasteiger partial charge in [0.1, 0.15) is 54.9 Å². The third kappa shape index (κ3) is 42.5. The van der Waals surface area contributed by atoms with Gasteiger partial charge in [0.15, 0.2) is 6.04 Å². The third-order valence-electron chi connectivity index (χ3n) is 21.1. The zero-order chi connectivity index (χ0) is 103. The Balaban J connectivity index is 0.000000273. The number of piperidine rings is 1. The monoisotopic (exact) mass is 2110 g/mol. The smallest absolute Gasteiger partial charge is 0.410 e. The minimum absolute atomic E-state index is 0.0119. The number of benzene rings is 6. The van der Waals surface area contributed by atoms with E-state index >= 15 is 0 Å². The molecule has 4 atom stereocenters. The van der Waals surface area contributed by atoms with Crippen LogP contribution in [-0.4, -0.2) is 282 Å². The van der Waals surface area contributed by atoms with Crippen LogP contribution in [0.15, 0.2) is 173 Å². The highest BCUT2D eigenvalue weighted by molar-refractivity contribution is 9.10. The first-order valence-electron chi connectivity index (χ1n) is 45.6. The lowest BCUT2D eigenvalue weighted by atomic mass is 9.98. The molecule has 6 aliphatic rings. The number of carboxylic acids is 1. The summed E-state index contributed by atoms with van der Waals surface area (Å²) in [6, 6.07) is 48.1. The van der Waals surface area contributed by atoms with Crippen LogP contribution in [0.4, 0.5) is 38.4 Å². The molecule has 39 heteroatoms. The molecule has 0 saturated carbocycles. The van der Waals surface area contributed by atoms with Gasteiger partial charge in [-0.2, -0.15) is 9.59 Å². The van der Waals surface area contributed by atoms with E-state index in [4.69, 9.17) is 80.5 Å². The fourth-order valence-corrected chi connectivity index (χ4v) is 15.5. The first kappa shape index (κ1) is 117. The van der Waals surface area contributed by atoms with Crippen molar-refractivity contribution in [2.24, 2.45) is 5.92 Å². The van der Waals surface area contributed by atoms with E-state index < -0.39 is 94.2 Å². The predicted molar refractivity (Wildman–Crippen MR) is 531 cm³/mol. The van der Waals surface area contributed by atoms with Crippen LogP contribution in [0, 0.1) is 5.92 Å². The second-order valence-corrected chi connectivity index (χ2v) is 39.1. The fourth-order valence-electron chi connectivity index (χ4n) is 14.7. The van der Waals surface area contributed by atoms with Gasteiger partial charge in [-0.15, -0.1) is 0 Å². The van der Waals surface area contributed by atoms with Crippen LogP contribution < -0.4 is 16.0 Å². The van der Waals surface area contributed by atoms with E-state index in [1.165, 1.54) is 45.0 Å².